The molecule has 0 saturated carbocycles. The maximum Gasteiger partial charge on any atom is 0.401 e. The minimum atomic E-state index is -4.43. The lowest BCUT2D eigenvalue weighted by Crippen LogP contribution is -2.46. The van der Waals surface area contributed by atoms with Crippen LogP contribution in [0.2, 0.25) is 0 Å². The topological polar surface area (TPSA) is 128 Å². The lowest BCUT2D eigenvalue weighted by molar-refractivity contribution is -0.154. The first kappa shape index (κ1) is 37.3. The van der Waals surface area contributed by atoms with Gasteiger partial charge in [0.25, 0.3) is 0 Å². The van der Waals surface area contributed by atoms with Crippen LogP contribution in [0.25, 0.3) is 11.0 Å². The van der Waals surface area contributed by atoms with Crippen molar-refractivity contribution >= 4 is 27.0 Å². The van der Waals surface area contributed by atoms with Gasteiger partial charge in [-0.25, -0.2) is 8.42 Å². The average molecular weight is 711 g/mol. The van der Waals surface area contributed by atoms with Gasteiger partial charge in [0.05, 0.1) is 49.4 Å². The Bertz CT molecular complexity index is 1660. The second-order valence-electron chi connectivity index (χ2n) is 13.7. The lowest BCUT2D eigenvalue weighted by atomic mass is 9.90. The molecule has 2 aromatic carbocycles. The standard InChI is InChI=1S/C35H45F3N2O8S/c1-21(2)15-40(49(43,44)25-10-11-30-26(14-25)27(17-45-30)22(3)4)16-29(41)24(12-23-8-6-5-7-9-23)13-32(42)48-31-19-47-34-33(31)28(18-46-34)39-20-35(36,37)38/h5-11,14,17,21-22,24,28-29,31,33-34,39,41H,12-13,15-16,18-20H2,1-4H3/t24-,28+,29-,31+,33+,34-/m1/s1. The van der Waals surface area contributed by atoms with Gasteiger partial charge in [-0.05, 0) is 42.0 Å². The fourth-order valence-corrected chi connectivity index (χ4v) is 8.22. The number of hydrogen-bond acceptors (Lipinski definition) is 9. The van der Waals surface area contributed by atoms with Crippen LogP contribution in [0.3, 0.4) is 0 Å². The SMILES string of the molecule is CC(C)CN(C[C@@H](O)[C@@H](CC(=O)O[C@H]1CO[C@H]2OC[C@H](NCC(F)(F)F)[C@H]21)Cc1ccccc1)S(=O)(=O)c1ccc2occ(C(C)C)c2c1. The van der Waals surface area contributed by atoms with E-state index in [9.17, 15) is 31.5 Å². The van der Waals surface area contributed by atoms with Crippen molar-refractivity contribution in [2.45, 2.75) is 82.1 Å². The van der Waals surface area contributed by atoms with Gasteiger partial charge in [-0.3, -0.25) is 4.79 Å². The summed E-state index contributed by atoms with van der Waals surface area (Å²) in [5, 5.41) is 14.8. The number of halogens is 3. The van der Waals surface area contributed by atoms with E-state index in [4.69, 9.17) is 18.6 Å². The highest BCUT2D eigenvalue weighted by Gasteiger charge is 2.50. The predicted octanol–water partition coefficient (Wildman–Crippen LogP) is 5.25. The van der Waals surface area contributed by atoms with Crippen LogP contribution in [0.15, 0.2) is 64.1 Å². The Morgan fingerprint density at radius 1 is 1.06 bits per heavy atom. The van der Waals surface area contributed by atoms with Crippen molar-refractivity contribution in [2.75, 3.05) is 32.8 Å². The highest BCUT2D eigenvalue weighted by molar-refractivity contribution is 7.89. The Hall–Kier alpha value is -3.01. The molecule has 14 heteroatoms. The van der Waals surface area contributed by atoms with Crippen LogP contribution in [0, 0.1) is 17.8 Å². The van der Waals surface area contributed by atoms with Crippen LogP contribution in [-0.4, -0.2) is 87.4 Å². The molecule has 0 radical (unpaired) electrons. The summed E-state index contributed by atoms with van der Waals surface area (Å²) in [6, 6.07) is 13.2. The molecular formula is C35H45F3N2O8S. The van der Waals surface area contributed by atoms with E-state index >= 15 is 0 Å². The molecule has 0 bridgehead atoms. The molecule has 5 rings (SSSR count). The maximum absolute atomic E-state index is 14.1. The van der Waals surface area contributed by atoms with Crippen LogP contribution in [0.5, 0.6) is 0 Å². The number of furan rings is 1. The summed E-state index contributed by atoms with van der Waals surface area (Å²) < 4.78 is 90.6. The first-order chi connectivity index (χ1) is 23.1. The monoisotopic (exact) mass is 710 g/mol. The van der Waals surface area contributed by atoms with Gasteiger partial charge < -0.3 is 29.1 Å². The minimum Gasteiger partial charge on any atom is -0.464 e. The third-order valence-corrected chi connectivity index (χ3v) is 10.9. The van der Waals surface area contributed by atoms with Crippen molar-refractivity contribution in [1.82, 2.24) is 9.62 Å². The Balaban J connectivity index is 1.34. The molecule has 0 amide bonds. The molecule has 0 aliphatic carbocycles. The van der Waals surface area contributed by atoms with Crippen LogP contribution in [0.1, 0.15) is 51.2 Å². The Morgan fingerprint density at radius 2 is 1.78 bits per heavy atom. The molecule has 1 aromatic heterocycles. The summed E-state index contributed by atoms with van der Waals surface area (Å²) >= 11 is 0. The van der Waals surface area contributed by atoms with Gasteiger partial charge in [0.2, 0.25) is 10.0 Å². The molecule has 3 aromatic rings. The van der Waals surface area contributed by atoms with E-state index in [-0.39, 0.29) is 55.9 Å². The molecule has 2 saturated heterocycles. The van der Waals surface area contributed by atoms with Crippen molar-refractivity contribution in [1.29, 1.82) is 0 Å². The van der Waals surface area contributed by atoms with E-state index in [1.165, 1.54) is 10.4 Å². The summed E-state index contributed by atoms with van der Waals surface area (Å²) in [4.78, 5) is 13.5. The molecule has 0 unspecified atom stereocenters. The number of benzene rings is 2. The number of esters is 1. The summed E-state index contributed by atoms with van der Waals surface area (Å²) in [7, 11) is -4.09. The summed E-state index contributed by atoms with van der Waals surface area (Å²) in [6.45, 7) is 6.30. The number of aliphatic hydroxyl groups is 1. The Labute approximate surface area is 284 Å². The number of rotatable bonds is 15. The van der Waals surface area contributed by atoms with E-state index in [0.29, 0.717) is 11.0 Å². The Morgan fingerprint density at radius 3 is 2.45 bits per heavy atom. The molecule has 2 fully saturated rings. The first-order valence-electron chi connectivity index (χ1n) is 16.6. The smallest absolute Gasteiger partial charge is 0.401 e. The van der Waals surface area contributed by atoms with E-state index in [1.54, 1.807) is 18.4 Å². The number of ether oxygens (including phenoxy) is 3. The molecule has 270 valence electrons. The number of nitrogens with one attached hydrogen (secondary N) is 1. The zero-order valence-electron chi connectivity index (χ0n) is 28.1. The zero-order chi connectivity index (χ0) is 35.5. The normalized spacial score (nSPS) is 22.7. The van der Waals surface area contributed by atoms with Gasteiger partial charge in [0.15, 0.2) is 6.29 Å². The average Bonchev–Trinajstić information content (AvgIpc) is 3.75. The van der Waals surface area contributed by atoms with Crippen molar-refractivity contribution in [3.8, 4) is 0 Å². The van der Waals surface area contributed by atoms with Gasteiger partial charge in [-0.15, -0.1) is 0 Å². The van der Waals surface area contributed by atoms with Gasteiger partial charge in [0.1, 0.15) is 11.7 Å². The third kappa shape index (κ3) is 9.21. The number of aliphatic hydroxyl groups excluding tert-OH is 1. The van der Waals surface area contributed by atoms with Crippen molar-refractivity contribution in [3.63, 3.8) is 0 Å². The molecule has 2 N–H and O–H groups in total. The molecule has 2 aliphatic heterocycles. The molecule has 0 spiro atoms. The highest BCUT2D eigenvalue weighted by atomic mass is 32.2. The highest BCUT2D eigenvalue weighted by Crippen LogP contribution is 2.35. The zero-order valence-corrected chi connectivity index (χ0v) is 28.9. The molecule has 10 nitrogen and oxygen atoms in total. The minimum absolute atomic E-state index is 0.0265. The van der Waals surface area contributed by atoms with E-state index < -0.39 is 65.1 Å². The van der Waals surface area contributed by atoms with Gasteiger partial charge in [-0.1, -0.05) is 58.0 Å². The largest absolute Gasteiger partial charge is 0.464 e. The predicted molar refractivity (Wildman–Crippen MR) is 175 cm³/mol. The number of alkyl halides is 3. The number of fused-ring (bicyclic) bond motifs is 2. The number of nitrogens with zero attached hydrogens (tertiary/aromatic N) is 1. The second-order valence-corrected chi connectivity index (χ2v) is 15.6. The van der Waals surface area contributed by atoms with Gasteiger partial charge >= 0.3 is 12.1 Å². The molecular weight excluding hydrogens is 665 g/mol. The fourth-order valence-electron chi connectivity index (χ4n) is 6.57. The van der Waals surface area contributed by atoms with Crippen LogP contribution in [0.4, 0.5) is 13.2 Å². The second kappa shape index (κ2) is 15.5. The van der Waals surface area contributed by atoms with E-state index in [1.807, 2.05) is 58.0 Å². The summed E-state index contributed by atoms with van der Waals surface area (Å²) in [5.41, 5.74) is 2.29. The molecule has 3 heterocycles. The van der Waals surface area contributed by atoms with Crippen molar-refractivity contribution in [3.05, 3.63) is 65.9 Å². The maximum atomic E-state index is 14.1. The van der Waals surface area contributed by atoms with Gasteiger partial charge in [-0.2, -0.15) is 17.5 Å². The lowest BCUT2D eigenvalue weighted by Gasteiger charge is -2.30. The summed E-state index contributed by atoms with van der Waals surface area (Å²) in [6.07, 6.45) is -5.74. The van der Waals surface area contributed by atoms with Crippen molar-refractivity contribution in [2.24, 2.45) is 17.8 Å². The number of carbonyl (C=O) groups is 1. The van der Waals surface area contributed by atoms with Crippen LogP contribution < -0.4 is 5.32 Å². The van der Waals surface area contributed by atoms with Crippen molar-refractivity contribution < 1.29 is 50.1 Å². The quantitative estimate of drug-likeness (QED) is 0.204. The summed E-state index contributed by atoms with van der Waals surface area (Å²) in [5.74, 6) is -2.04. The number of sulfonamides is 1. The number of carbonyl (C=O) groups excluding carboxylic acids is 1. The van der Waals surface area contributed by atoms with Crippen LogP contribution in [-0.2, 0) is 35.4 Å². The van der Waals surface area contributed by atoms with E-state index in [2.05, 4.69) is 5.32 Å². The van der Waals surface area contributed by atoms with Crippen LogP contribution >= 0.6 is 0 Å². The van der Waals surface area contributed by atoms with E-state index in [0.717, 1.165) is 11.1 Å². The van der Waals surface area contributed by atoms with Gasteiger partial charge in [0, 0.05) is 36.0 Å². The first-order valence-corrected chi connectivity index (χ1v) is 18.0. The molecule has 6 atom stereocenters. The molecule has 2 aliphatic rings. The third-order valence-electron chi connectivity index (χ3n) is 9.03. The Kier molecular flexibility index (Phi) is 11.8. The number of hydrogen-bond donors (Lipinski definition) is 2. The fraction of sp³-hybridized carbons (Fsp3) is 0.571. The molecule has 49 heavy (non-hydrogen) atoms.